The quantitative estimate of drug-likeness (QED) is 0.222. The second-order valence-corrected chi connectivity index (χ2v) is 14.9. The van der Waals surface area contributed by atoms with Crippen LogP contribution >= 0.6 is 0 Å². The molecule has 8 nitrogen and oxygen atoms in total. The van der Waals surface area contributed by atoms with E-state index in [2.05, 4.69) is 53.6 Å². The minimum atomic E-state index is -0.342. The van der Waals surface area contributed by atoms with Crippen molar-refractivity contribution in [1.29, 1.82) is 0 Å². The van der Waals surface area contributed by atoms with Gasteiger partial charge < -0.3 is 28.6 Å². The SMILES string of the molecule is CCC[C@H]1C[C@@H]2CC[C@@H](O2)[C@H](CC)C(=O)O[C@@H]([C@H](CC)[C@H]2CC[C@@H](C[C@@H](CCC)N(C)C)O2)[C@H](C)[C@@H]2CC[C@@H](O2)[C@@H](C)C(=O)O1. The molecule has 4 fully saturated rings. The Kier molecular flexibility index (Phi) is 14.0. The molecule has 0 aromatic rings. The number of fused-ring (bicyclic) bond motifs is 4. The van der Waals surface area contributed by atoms with Crippen LogP contribution in [-0.2, 0) is 33.3 Å². The molecule has 4 saturated heterocycles. The molecule has 0 spiro atoms. The van der Waals surface area contributed by atoms with Crippen LogP contribution in [0, 0.1) is 23.7 Å². The lowest BCUT2D eigenvalue weighted by Gasteiger charge is -2.38. The topological polar surface area (TPSA) is 83.5 Å². The summed E-state index contributed by atoms with van der Waals surface area (Å²) < 4.78 is 32.7. The van der Waals surface area contributed by atoms with Crippen LogP contribution in [0.2, 0.25) is 0 Å². The van der Waals surface area contributed by atoms with Gasteiger partial charge in [-0.1, -0.05) is 47.5 Å². The molecule has 260 valence electrons. The van der Waals surface area contributed by atoms with Crippen LogP contribution in [0.25, 0.3) is 0 Å². The normalized spacial score (nSPS) is 39.5. The van der Waals surface area contributed by atoms with Gasteiger partial charge in [0, 0.05) is 24.3 Å². The van der Waals surface area contributed by atoms with Crippen LogP contribution in [0.1, 0.15) is 131 Å². The highest BCUT2D eigenvalue weighted by atomic mass is 16.6. The predicted molar refractivity (Wildman–Crippen MR) is 176 cm³/mol. The highest BCUT2D eigenvalue weighted by Crippen LogP contribution is 2.41. The van der Waals surface area contributed by atoms with Crippen LogP contribution in [0.5, 0.6) is 0 Å². The first-order valence-corrected chi connectivity index (χ1v) is 18.6. The van der Waals surface area contributed by atoms with Crippen molar-refractivity contribution in [2.45, 2.75) is 186 Å². The van der Waals surface area contributed by atoms with Crippen molar-refractivity contribution in [2.75, 3.05) is 14.1 Å². The average molecular weight is 636 g/mol. The van der Waals surface area contributed by atoms with Gasteiger partial charge >= 0.3 is 11.9 Å². The number of cyclic esters (lactones) is 2. The summed E-state index contributed by atoms with van der Waals surface area (Å²) in [5.74, 6) is -0.919. The molecule has 4 aliphatic rings. The molecular weight excluding hydrogens is 570 g/mol. The van der Waals surface area contributed by atoms with Gasteiger partial charge in [0.05, 0.1) is 48.5 Å². The molecule has 0 aliphatic carbocycles. The standard InChI is InChI=1S/C37H65NO7/c1-9-13-25(38(7)8)21-27-15-17-33(41-27)29(11-3)35-23(5)31-19-20-32(44-31)24(6)36(39)43-26(14-10-2)22-28-16-18-34(42-28)30(12-4)37(40)45-35/h23-35H,9-22H2,1-8H3/t23-,24-,25-,26+,27+,28+,29-,30+,31+,32-,33-,34-,35-/m1/s1. The van der Waals surface area contributed by atoms with Crippen molar-refractivity contribution in [2.24, 2.45) is 23.7 Å². The van der Waals surface area contributed by atoms with Crippen molar-refractivity contribution in [3.05, 3.63) is 0 Å². The van der Waals surface area contributed by atoms with E-state index in [9.17, 15) is 9.59 Å². The average Bonchev–Trinajstić information content (AvgIpc) is 3.78. The molecule has 8 heteroatoms. The molecule has 0 aromatic heterocycles. The second-order valence-electron chi connectivity index (χ2n) is 14.9. The van der Waals surface area contributed by atoms with Gasteiger partial charge in [0.25, 0.3) is 0 Å². The maximum atomic E-state index is 14.1. The van der Waals surface area contributed by atoms with Crippen molar-refractivity contribution < 1.29 is 33.3 Å². The summed E-state index contributed by atoms with van der Waals surface area (Å²) in [6.45, 7) is 12.7. The third-order valence-electron chi connectivity index (χ3n) is 11.5. The maximum Gasteiger partial charge on any atom is 0.311 e. The van der Waals surface area contributed by atoms with Crippen LogP contribution in [0.4, 0.5) is 0 Å². The summed E-state index contributed by atoms with van der Waals surface area (Å²) in [7, 11) is 4.34. The zero-order valence-electron chi connectivity index (χ0n) is 29.7. The highest BCUT2D eigenvalue weighted by Gasteiger charge is 2.47. The van der Waals surface area contributed by atoms with Crippen LogP contribution in [0.15, 0.2) is 0 Å². The van der Waals surface area contributed by atoms with Gasteiger partial charge in [0.2, 0.25) is 0 Å². The summed E-state index contributed by atoms with van der Waals surface area (Å²) in [6, 6.07) is 0.508. The second kappa shape index (κ2) is 17.3. The summed E-state index contributed by atoms with van der Waals surface area (Å²) in [5.41, 5.74) is 0. The van der Waals surface area contributed by atoms with E-state index in [4.69, 9.17) is 23.7 Å². The van der Waals surface area contributed by atoms with Crippen LogP contribution < -0.4 is 0 Å². The van der Waals surface area contributed by atoms with Crippen molar-refractivity contribution >= 4 is 11.9 Å². The van der Waals surface area contributed by atoms with E-state index in [-0.39, 0.29) is 84.4 Å². The lowest BCUT2D eigenvalue weighted by atomic mass is 9.81. The zero-order chi connectivity index (χ0) is 32.7. The minimum absolute atomic E-state index is 0.0165. The van der Waals surface area contributed by atoms with Gasteiger partial charge in [-0.15, -0.1) is 0 Å². The molecule has 0 radical (unpaired) electrons. The third-order valence-corrected chi connectivity index (χ3v) is 11.5. The predicted octanol–water partition coefficient (Wildman–Crippen LogP) is 7.10. The first-order valence-electron chi connectivity index (χ1n) is 18.6. The molecule has 4 bridgehead atoms. The van der Waals surface area contributed by atoms with E-state index in [1.807, 2.05) is 6.92 Å². The van der Waals surface area contributed by atoms with Gasteiger partial charge in [0.15, 0.2) is 0 Å². The van der Waals surface area contributed by atoms with Gasteiger partial charge in [-0.25, -0.2) is 0 Å². The minimum Gasteiger partial charge on any atom is -0.462 e. The molecule has 0 amide bonds. The van der Waals surface area contributed by atoms with E-state index >= 15 is 0 Å². The lowest BCUT2D eigenvalue weighted by Crippen LogP contribution is -2.45. The summed E-state index contributed by atoms with van der Waals surface area (Å²) in [6.07, 6.45) is 12.0. The molecule has 0 unspecified atom stereocenters. The third kappa shape index (κ3) is 9.23. The summed E-state index contributed by atoms with van der Waals surface area (Å²) >= 11 is 0. The van der Waals surface area contributed by atoms with Crippen LogP contribution in [0.3, 0.4) is 0 Å². The number of nitrogens with zero attached hydrogens (tertiary/aromatic N) is 1. The summed E-state index contributed by atoms with van der Waals surface area (Å²) in [5, 5.41) is 0. The Labute approximate surface area is 274 Å². The first-order chi connectivity index (χ1) is 21.6. The molecule has 4 rings (SSSR count). The molecule has 0 aromatic carbocycles. The van der Waals surface area contributed by atoms with Gasteiger partial charge in [-0.05, 0) is 91.6 Å². The number of carbonyl (C=O) groups excluding carboxylic acids is 2. The fourth-order valence-corrected chi connectivity index (χ4v) is 8.66. The van der Waals surface area contributed by atoms with E-state index < -0.39 is 0 Å². The van der Waals surface area contributed by atoms with Crippen molar-refractivity contribution in [3.63, 3.8) is 0 Å². The Morgan fingerprint density at radius 2 is 1.51 bits per heavy atom. The molecule has 4 heterocycles. The maximum absolute atomic E-state index is 14.1. The largest absolute Gasteiger partial charge is 0.462 e. The van der Waals surface area contributed by atoms with E-state index in [1.54, 1.807) is 0 Å². The summed E-state index contributed by atoms with van der Waals surface area (Å²) in [4.78, 5) is 29.8. The van der Waals surface area contributed by atoms with E-state index in [0.29, 0.717) is 18.9 Å². The first kappa shape index (κ1) is 36.6. The fraction of sp³-hybridized carbons (Fsp3) is 0.946. The van der Waals surface area contributed by atoms with E-state index in [1.165, 1.54) is 6.42 Å². The monoisotopic (exact) mass is 635 g/mol. The Morgan fingerprint density at radius 1 is 0.778 bits per heavy atom. The zero-order valence-corrected chi connectivity index (χ0v) is 29.7. The van der Waals surface area contributed by atoms with Crippen molar-refractivity contribution in [1.82, 2.24) is 4.90 Å². The molecule has 0 saturated carbocycles. The number of hydrogen-bond donors (Lipinski definition) is 0. The number of ether oxygens (including phenoxy) is 5. The van der Waals surface area contributed by atoms with Crippen molar-refractivity contribution in [3.8, 4) is 0 Å². The number of rotatable bonds is 11. The Hall–Kier alpha value is -1.22. The Morgan fingerprint density at radius 3 is 2.18 bits per heavy atom. The fourth-order valence-electron chi connectivity index (χ4n) is 8.66. The molecule has 45 heavy (non-hydrogen) atoms. The van der Waals surface area contributed by atoms with E-state index in [0.717, 1.165) is 70.6 Å². The number of hydrogen-bond acceptors (Lipinski definition) is 8. The molecule has 0 N–H and O–H groups in total. The number of esters is 2. The molecule has 13 atom stereocenters. The van der Waals surface area contributed by atoms with Crippen LogP contribution in [-0.4, -0.2) is 85.8 Å². The lowest BCUT2D eigenvalue weighted by molar-refractivity contribution is -0.177. The van der Waals surface area contributed by atoms with Gasteiger partial charge in [0.1, 0.15) is 12.2 Å². The van der Waals surface area contributed by atoms with Gasteiger partial charge in [-0.3, -0.25) is 9.59 Å². The smallest absolute Gasteiger partial charge is 0.311 e. The molecular formula is C37H65NO7. The Bertz CT molecular complexity index is 928. The molecule has 4 aliphatic heterocycles. The van der Waals surface area contributed by atoms with Gasteiger partial charge in [-0.2, -0.15) is 0 Å². The highest BCUT2D eigenvalue weighted by molar-refractivity contribution is 5.73. The number of carbonyl (C=O) groups is 2. The Balaban J connectivity index is 1.57.